The van der Waals surface area contributed by atoms with Gasteiger partial charge in [0, 0.05) is 66.1 Å². The van der Waals surface area contributed by atoms with E-state index in [2.05, 4.69) is 31.9 Å². The third-order valence-corrected chi connectivity index (χ3v) is 7.30. The first kappa shape index (κ1) is 37.6. The highest BCUT2D eigenvalue weighted by atomic mass is 16.6. The maximum absolute atomic E-state index is 13.0. The van der Waals surface area contributed by atoms with Gasteiger partial charge in [-0.3, -0.25) is 29.3 Å². The van der Waals surface area contributed by atoms with E-state index in [0.717, 1.165) is 0 Å². The molecule has 0 aromatic carbocycles. The van der Waals surface area contributed by atoms with E-state index < -0.39 is 29.3 Å². The third-order valence-electron chi connectivity index (χ3n) is 7.30. The number of carbonyl (C=O) groups excluding carboxylic acids is 6. The van der Waals surface area contributed by atoms with Crippen LogP contribution in [0.3, 0.4) is 0 Å². The van der Waals surface area contributed by atoms with Crippen molar-refractivity contribution in [3.63, 3.8) is 0 Å². The summed E-state index contributed by atoms with van der Waals surface area (Å²) >= 11 is 0. The molecule has 4 rings (SSSR count). The van der Waals surface area contributed by atoms with Crippen molar-refractivity contribution in [1.29, 1.82) is 0 Å². The summed E-state index contributed by atoms with van der Waals surface area (Å²) in [6.45, 7) is 5.77. The molecule has 0 saturated carbocycles. The predicted molar refractivity (Wildman–Crippen MR) is 191 cm³/mol. The normalized spacial score (nSPS) is 11.0. The fourth-order valence-electron chi connectivity index (χ4n) is 5.06. The van der Waals surface area contributed by atoms with Crippen molar-refractivity contribution in [3.05, 3.63) is 71.8 Å². The predicted octanol–water partition coefficient (Wildman–Crippen LogP) is 3.14. The van der Waals surface area contributed by atoms with E-state index in [1.54, 1.807) is 87.5 Å². The molecule has 0 aliphatic heterocycles. The summed E-state index contributed by atoms with van der Waals surface area (Å²) < 4.78 is 11.5. The molecule has 51 heavy (non-hydrogen) atoms. The fraction of sp³-hybridized carbons (Fsp3) is 0.333. The Labute approximate surface area is 295 Å². The minimum Gasteiger partial charge on any atom is -0.444 e. The molecule has 0 unspecified atom stereocenters. The van der Waals surface area contributed by atoms with E-state index in [0.29, 0.717) is 40.6 Å². The molecule has 17 nitrogen and oxygen atoms in total. The summed E-state index contributed by atoms with van der Waals surface area (Å²) in [7, 11) is 11.8. The van der Waals surface area contributed by atoms with E-state index in [4.69, 9.17) is 12.6 Å². The van der Waals surface area contributed by atoms with Crippen LogP contribution in [0.4, 0.5) is 32.3 Å². The molecule has 6 amide bonds. The number of hydrogen-bond acceptors (Lipinski definition) is 7. The molecule has 0 spiro atoms. The van der Waals surface area contributed by atoms with Crippen LogP contribution in [0.1, 0.15) is 69.1 Å². The lowest BCUT2D eigenvalue weighted by Crippen LogP contribution is -2.31. The summed E-state index contributed by atoms with van der Waals surface area (Å²) in [4.78, 5) is 74.6. The molecule has 18 heteroatoms. The second-order valence-corrected chi connectivity index (χ2v) is 12.8. The van der Waals surface area contributed by atoms with Gasteiger partial charge in [0.05, 0.1) is 22.7 Å². The van der Waals surface area contributed by atoms with Gasteiger partial charge in [-0.15, -0.1) is 0 Å². The molecule has 0 aliphatic rings. The Bertz CT molecular complexity index is 1980. The zero-order valence-electron chi connectivity index (χ0n) is 29.5. The molecule has 6 N–H and O–H groups in total. The SMILES string of the molecule is [B]C(=O)Nc1cc(C(=O)Nc2cc(C(=O)NCCCNC(=O)c3cc(NC(=O)c4cc(NC(=O)OC(C)(C)C)cn4C)cn3C)n(C)c2)n(C)c1. The third kappa shape index (κ3) is 10.2. The molecule has 0 saturated heterocycles. The highest BCUT2D eigenvalue weighted by molar-refractivity contribution is 6.60. The van der Waals surface area contributed by atoms with Gasteiger partial charge in [-0.25, -0.2) is 4.79 Å². The molecular formula is C33H41BN10O7. The number of nitrogens with zero attached hydrogens (tertiary/aromatic N) is 4. The van der Waals surface area contributed by atoms with Gasteiger partial charge >= 0.3 is 6.09 Å². The van der Waals surface area contributed by atoms with Crippen LogP contribution in [0, 0.1) is 0 Å². The minimum absolute atomic E-state index is 0.264. The zero-order valence-corrected chi connectivity index (χ0v) is 29.5. The Morgan fingerprint density at radius 2 is 0.902 bits per heavy atom. The van der Waals surface area contributed by atoms with E-state index >= 15 is 0 Å². The summed E-state index contributed by atoms with van der Waals surface area (Å²) in [5, 5.41) is 16.1. The van der Waals surface area contributed by atoms with Crippen LogP contribution in [-0.4, -0.2) is 80.3 Å². The van der Waals surface area contributed by atoms with Crippen LogP contribution in [0.25, 0.3) is 0 Å². The van der Waals surface area contributed by atoms with Crippen molar-refractivity contribution in [3.8, 4) is 0 Å². The number of carbonyl (C=O) groups is 6. The molecule has 4 heterocycles. The maximum atomic E-state index is 13.0. The summed E-state index contributed by atoms with van der Waals surface area (Å²) in [6.07, 6.45) is 6.11. The van der Waals surface area contributed by atoms with Gasteiger partial charge in [0.1, 0.15) is 28.4 Å². The topological polar surface area (TPSA) is 204 Å². The van der Waals surface area contributed by atoms with E-state index in [1.165, 1.54) is 28.8 Å². The summed E-state index contributed by atoms with van der Waals surface area (Å²) in [6, 6.07) is 6.06. The average molecular weight is 701 g/mol. The Balaban J connectivity index is 1.23. The molecule has 2 radical (unpaired) electrons. The highest BCUT2D eigenvalue weighted by Gasteiger charge is 2.20. The number of aromatic nitrogens is 4. The summed E-state index contributed by atoms with van der Waals surface area (Å²) in [5.74, 6) is -2.38. The van der Waals surface area contributed by atoms with Crippen LogP contribution < -0.4 is 31.9 Å². The van der Waals surface area contributed by atoms with Crippen molar-refractivity contribution in [1.82, 2.24) is 28.9 Å². The van der Waals surface area contributed by atoms with Crippen LogP contribution in [-0.2, 0) is 32.9 Å². The standard InChI is InChI=1S/C33H41BN10O7/c1-33(2,3)51-32(50)40-22-14-26(44(7)18-22)30(48)38-20-12-24(42(5)16-20)28(46)36-10-8-9-35-27(45)23-11-19(15-41(23)4)37-29(47)25-13-21(17-43(25)6)39-31(34)49/h11-18H,8-10H2,1-7H3,(H,35,45)(H,36,46)(H,37,47)(H,38,48)(H,39,49)(H,40,50). The van der Waals surface area contributed by atoms with Crippen LogP contribution in [0.2, 0.25) is 0 Å². The van der Waals surface area contributed by atoms with E-state index in [1.807, 2.05) is 0 Å². The molecule has 268 valence electrons. The Morgan fingerprint density at radius 1 is 0.569 bits per heavy atom. The maximum Gasteiger partial charge on any atom is 0.412 e. The number of ether oxygens (including phenoxy) is 1. The van der Waals surface area contributed by atoms with Crippen molar-refractivity contribution in [2.45, 2.75) is 32.8 Å². The Kier molecular flexibility index (Phi) is 11.5. The van der Waals surface area contributed by atoms with Crippen LogP contribution in [0.5, 0.6) is 0 Å². The van der Waals surface area contributed by atoms with Gasteiger partial charge in [-0.05, 0) is 51.5 Å². The fourth-order valence-corrected chi connectivity index (χ4v) is 5.06. The molecule has 0 atom stereocenters. The minimum atomic E-state index is -0.751. The van der Waals surface area contributed by atoms with Gasteiger partial charge in [0.15, 0.2) is 5.81 Å². The number of anilines is 4. The second-order valence-electron chi connectivity index (χ2n) is 12.8. The number of amides is 6. The van der Waals surface area contributed by atoms with E-state index in [9.17, 15) is 28.8 Å². The molecule has 4 aromatic rings. The first-order valence-corrected chi connectivity index (χ1v) is 15.8. The van der Waals surface area contributed by atoms with Crippen LogP contribution in [0.15, 0.2) is 49.1 Å². The largest absolute Gasteiger partial charge is 0.444 e. The first-order valence-electron chi connectivity index (χ1n) is 15.8. The lowest BCUT2D eigenvalue weighted by Gasteiger charge is -2.19. The number of aryl methyl sites for hydroxylation is 4. The second kappa shape index (κ2) is 15.6. The number of hydrogen-bond donors (Lipinski definition) is 6. The van der Waals surface area contributed by atoms with Crippen molar-refractivity contribution in [2.75, 3.05) is 34.4 Å². The highest BCUT2D eigenvalue weighted by Crippen LogP contribution is 2.20. The zero-order chi connectivity index (χ0) is 37.6. The van der Waals surface area contributed by atoms with Gasteiger partial charge in [0.25, 0.3) is 23.6 Å². The Hall–Kier alpha value is -6.20. The smallest absolute Gasteiger partial charge is 0.412 e. The van der Waals surface area contributed by atoms with Gasteiger partial charge in [0.2, 0.25) is 7.85 Å². The van der Waals surface area contributed by atoms with Crippen molar-refractivity contribution < 1.29 is 33.5 Å². The molecule has 4 aromatic heterocycles. The van der Waals surface area contributed by atoms with Gasteiger partial charge in [-0.2, -0.15) is 0 Å². The van der Waals surface area contributed by atoms with Gasteiger partial charge in [-0.1, -0.05) is 0 Å². The molecule has 0 fully saturated rings. The monoisotopic (exact) mass is 700 g/mol. The first-order chi connectivity index (χ1) is 23.9. The molecular weight excluding hydrogens is 659 g/mol. The van der Waals surface area contributed by atoms with Crippen molar-refractivity contribution in [2.24, 2.45) is 28.2 Å². The quantitative estimate of drug-likeness (QED) is 0.0962. The van der Waals surface area contributed by atoms with Crippen molar-refractivity contribution >= 4 is 66.1 Å². The Morgan fingerprint density at radius 3 is 1.25 bits per heavy atom. The number of rotatable bonds is 12. The van der Waals surface area contributed by atoms with Gasteiger partial charge < -0.3 is 49.6 Å². The molecule has 0 aliphatic carbocycles. The lowest BCUT2D eigenvalue weighted by molar-refractivity contribution is 0.0635. The number of nitrogens with one attached hydrogen (secondary N) is 6. The van der Waals surface area contributed by atoms with E-state index in [-0.39, 0.29) is 36.3 Å². The summed E-state index contributed by atoms with van der Waals surface area (Å²) in [5.41, 5.74) is 2.03. The average Bonchev–Trinajstić information content (AvgIpc) is 3.76. The van der Waals surface area contributed by atoms with Crippen LogP contribution >= 0.6 is 0 Å². The molecule has 0 bridgehead atoms. The lowest BCUT2D eigenvalue weighted by atomic mass is 10.1.